The Morgan fingerprint density at radius 2 is 1.89 bits per heavy atom. The quantitative estimate of drug-likeness (QED) is 0.815. The molecule has 0 N–H and O–H groups in total. The molecule has 0 aliphatic carbocycles. The van der Waals surface area contributed by atoms with Gasteiger partial charge in [0.15, 0.2) is 0 Å². The van der Waals surface area contributed by atoms with Gasteiger partial charge in [0.2, 0.25) is 0 Å². The van der Waals surface area contributed by atoms with Crippen LogP contribution in [0.2, 0.25) is 0 Å². The molecule has 0 aliphatic heterocycles. The molecule has 0 saturated heterocycles. The maximum absolute atomic E-state index is 4.36. The molecule has 0 aliphatic rings. The topological polar surface area (TPSA) is 16.1 Å². The maximum Gasteiger partial charge on any atom is 0.0543 e. The first kappa shape index (κ1) is 12.8. The lowest BCUT2D eigenvalue weighted by atomic mass is 10.1. The number of hydrogen-bond acceptors (Lipinski definition) is 2. The summed E-state index contributed by atoms with van der Waals surface area (Å²) in [5, 5.41) is 0. The summed E-state index contributed by atoms with van der Waals surface area (Å²) >= 11 is 0. The minimum Gasteiger partial charge on any atom is -0.296 e. The van der Waals surface area contributed by atoms with Gasteiger partial charge in [-0.25, -0.2) is 0 Å². The smallest absolute Gasteiger partial charge is 0.0543 e. The van der Waals surface area contributed by atoms with Gasteiger partial charge in [-0.05, 0) is 44.2 Å². The SMILES string of the molecule is Cc1ccc(C)c(CN(C)Cc2ccccn2)c1. The Hall–Kier alpha value is -1.67. The van der Waals surface area contributed by atoms with Crippen molar-refractivity contribution in [3.05, 3.63) is 65.0 Å². The van der Waals surface area contributed by atoms with Crippen molar-refractivity contribution in [2.75, 3.05) is 7.05 Å². The van der Waals surface area contributed by atoms with E-state index in [0.717, 1.165) is 18.8 Å². The minimum absolute atomic E-state index is 0.883. The van der Waals surface area contributed by atoms with E-state index in [1.54, 1.807) is 0 Å². The second-order valence-corrected chi connectivity index (χ2v) is 4.92. The van der Waals surface area contributed by atoms with Gasteiger partial charge in [-0.3, -0.25) is 9.88 Å². The molecule has 0 spiro atoms. The van der Waals surface area contributed by atoms with Crippen LogP contribution in [0.5, 0.6) is 0 Å². The molecule has 1 aromatic carbocycles. The zero-order chi connectivity index (χ0) is 13.0. The van der Waals surface area contributed by atoms with Gasteiger partial charge in [-0.2, -0.15) is 0 Å². The molecule has 0 unspecified atom stereocenters. The Bertz CT molecular complexity index is 506. The third kappa shape index (κ3) is 3.41. The summed E-state index contributed by atoms with van der Waals surface area (Å²) in [6.07, 6.45) is 1.85. The molecule has 2 aromatic rings. The second-order valence-electron chi connectivity index (χ2n) is 4.92. The van der Waals surface area contributed by atoms with Crippen LogP contribution < -0.4 is 0 Å². The third-order valence-electron chi connectivity index (χ3n) is 3.10. The van der Waals surface area contributed by atoms with E-state index < -0.39 is 0 Å². The van der Waals surface area contributed by atoms with Crippen molar-refractivity contribution in [3.63, 3.8) is 0 Å². The Kier molecular flexibility index (Phi) is 4.11. The number of aryl methyl sites for hydroxylation is 2. The van der Waals surface area contributed by atoms with Crippen LogP contribution in [0.4, 0.5) is 0 Å². The van der Waals surface area contributed by atoms with E-state index in [1.165, 1.54) is 16.7 Å². The van der Waals surface area contributed by atoms with E-state index in [-0.39, 0.29) is 0 Å². The van der Waals surface area contributed by atoms with Gasteiger partial charge < -0.3 is 0 Å². The van der Waals surface area contributed by atoms with Gasteiger partial charge >= 0.3 is 0 Å². The van der Waals surface area contributed by atoms with E-state index in [1.807, 2.05) is 18.3 Å². The van der Waals surface area contributed by atoms with Crippen LogP contribution in [-0.2, 0) is 13.1 Å². The number of benzene rings is 1. The van der Waals surface area contributed by atoms with Crippen molar-refractivity contribution in [2.24, 2.45) is 0 Å². The van der Waals surface area contributed by atoms with Crippen molar-refractivity contribution in [1.82, 2.24) is 9.88 Å². The molecular formula is C16H20N2. The molecule has 94 valence electrons. The number of aromatic nitrogens is 1. The van der Waals surface area contributed by atoms with Crippen molar-refractivity contribution >= 4 is 0 Å². The van der Waals surface area contributed by atoms with E-state index in [9.17, 15) is 0 Å². The zero-order valence-electron chi connectivity index (χ0n) is 11.4. The largest absolute Gasteiger partial charge is 0.296 e. The van der Waals surface area contributed by atoms with E-state index in [2.05, 4.69) is 55.0 Å². The van der Waals surface area contributed by atoms with Crippen LogP contribution >= 0.6 is 0 Å². The predicted molar refractivity (Wildman–Crippen MR) is 75.3 cm³/mol. The average Bonchev–Trinajstić information content (AvgIpc) is 2.35. The van der Waals surface area contributed by atoms with Gasteiger partial charge in [0.1, 0.15) is 0 Å². The molecule has 18 heavy (non-hydrogen) atoms. The fourth-order valence-corrected chi connectivity index (χ4v) is 2.09. The zero-order valence-corrected chi connectivity index (χ0v) is 11.4. The molecule has 0 bridgehead atoms. The normalized spacial score (nSPS) is 10.9. The first-order chi connectivity index (χ1) is 8.65. The standard InChI is InChI=1S/C16H20N2/c1-13-7-8-14(2)15(10-13)11-18(3)12-16-6-4-5-9-17-16/h4-10H,11-12H2,1-3H3. The van der Waals surface area contributed by atoms with Crippen LogP contribution in [0.3, 0.4) is 0 Å². The number of rotatable bonds is 4. The summed E-state index contributed by atoms with van der Waals surface area (Å²) in [6.45, 7) is 6.16. The van der Waals surface area contributed by atoms with Crippen LogP contribution in [0, 0.1) is 13.8 Å². The number of pyridine rings is 1. The monoisotopic (exact) mass is 240 g/mol. The van der Waals surface area contributed by atoms with Crippen molar-refractivity contribution in [1.29, 1.82) is 0 Å². The molecular weight excluding hydrogens is 220 g/mol. The van der Waals surface area contributed by atoms with E-state index >= 15 is 0 Å². The minimum atomic E-state index is 0.883. The summed E-state index contributed by atoms with van der Waals surface area (Å²) < 4.78 is 0. The molecule has 0 radical (unpaired) electrons. The highest BCUT2D eigenvalue weighted by Gasteiger charge is 2.05. The Labute approximate surface area is 109 Å². The first-order valence-electron chi connectivity index (χ1n) is 6.30. The summed E-state index contributed by atoms with van der Waals surface area (Å²) in [6, 6.07) is 12.7. The Morgan fingerprint density at radius 3 is 2.61 bits per heavy atom. The van der Waals surface area contributed by atoms with Gasteiger partial charge in [0, 0.05) is 19.3 Å². The Morgan fingerprint density at radius 1 is 1.06 bits per heavy atom. The molecule has 0 saturated carbocycles. The molecule has 1 aromatic heterocycles. The lowest BCUT2D eigenvalue weighted by molar-refractivity contribution is 0.314. The average molecular weight is 240 g/mol. The molecule has 0 atom stereocenters. The molecule has 1 heterocycles. The van der Waals surface area contributed by atoms with E-state index in [4.69, 9.17) is 0 Å². The number of hydrogen-bond donors (Lipinski definition) is 0. The molecule has 0 amide bonds. The van der Waals surface area contributed by atoms with E-state index in [0.29, 0.717) is 0 Å². The highest BCUT2D eigenvalue weighted by Crippen LogP contribution is 2.13. The van der Waals surface area contributed by atoms with Crippen LogP contribution in [-0.4, -0.2) is 16.9 Å². The van der Waals surface area contributed by atoms with Crippen LogP contribution in [0.15, 0.2) is 42.6 Å². The lowest BCUT2D eigenvalue weighted by Crippen LogP contribution is -2.18. The predicted octanol–water partition coefficient (Wildman–Crippen LogP) is 3.33. The fraction of sp³-hybridized carbons (Fsp3) is 0.312. The van der Waals surface area contributed by atoms with Gasteiger partial charge in [0.05, 0.1) is 5.69 Å². The van der Waals surface area contributed by atoms with Crippen molar-refractivity contribution in [2.45, 2.75) is 26.9 Å². The van der Waals surface area contributed by atoms with Crippen molar-refractivity contribution < 1.29 is 0 Å². The third-order valence-corrected chi connectivity index (χ3v) is 3.10. The Balaban J connectivity index is 2.03. The highest BCUT2D eigenvalue weighted by molar-refractivity contribution is 5.30. The summed E-state index contributed by atoms with van der Waals surface area (Å²) in [7, 11) is 2.14. The number of nitrogens with zero attached hydrogens (tertiary/aromatic N) is 2. The van der Waals surface area contributed by atoms with Gasteiger partial charge in [0.25, 0.3) is 0 Å². The van der Waals surface area contributed by atoms with Crippen LogP contribution in [0.25, 0.3) is 0 Å². The first-order valence-corrected chi connectivity index (χ1v) is 6.30. The maximum atomic E-state index is 4.36. The lowest BCUT2D eigenvalue weighted by Gasteiger charge is -2.18. The molecule has 2 heteroatoms. The van der Waals surface area contributed by atoms with Crippen molar-refractivity contribution in [3.8, 4) is 0 Å². The molecule has 0 fully saturated rings. The highest BCUT2D eigenvalue weighted by atomic mass is 15.1. The molecule has 2 rings (SSSR count). The molecule has 2 nitrogen and oxygen atoms in total. The summed E-state index contributed by atoms with van der Waals surface area (Å²) in [4.78, 5) is 6.65. The van der Waals surface area contributed by atoms with Crippen LogP contribution in [0.1, 0.15) is 22.4 Å². The summed E-state index contributed by atoms with van der Waals surface area (Å²) in [5.41, 5.74) is 5.19. The second kappa shape index (κ2) is 5.78. The van der Waals surface area contributed by atoms with Gasteiger partial charge in [-0.1, -0.05) is 29.8 Å². The van der Waals surface area contributed by atoms with Gasteiger partial charge in [-0.15, -0.1) is 0 Å². The fourth-order valence-electron chi connectivity index (χ4n) is 2.09. The summed E-state index contributed by atoms with van der Waals surface area (Å²) in [5.74, 6) is 0.